The second kappa shape index (κ2) is 6.91. The number of carboxylic acids is 1. The quantitative estimate of drug-likeness (QED) is 0.750. The third-order valence-corrected chi connectivity index (χ3v) is 3.50. The van der Waals surface area contributed by atoms with Crippen LogP contribution in [0, 0.1) is 5.92 Å². The Labute approximate surface area is 128 Å². The lowest BCUT2D eigenvalue weighted by atomic mass is 9.87. The summed E-state index contributed by atoms with van der Waals surface area (Å²) in [5.74, 6) is -2.13. The lowest BCUT2D eigenvalue weighted by Crippen LogP contribution is -2.48. The lowest BCUT2D eigenvalue weighted by Gasteiger charge is -2.24. The number of aliphatic carboxylic acids is 1. The molecule has 2 atom stereocenters. The number of amides is 1. The van der Waals surface area contributed by atoms with Gasteiger partial charge < -0.3 is 15.5 Å². The molecule has 21 heavy (non-hydrogen) atoms. The molecule has 3 N–H and O–H groups in total. The van der Waals surface area contributed by atoms with Gasteiger partial charge in [0.05, 0.1) is 12.5 Å². The molecule has 5 nitrogen and oxygen atoms in total. The summed E-state index contributed by atoms with van der Waals surface area (Å²) in [7, 11) is 0. The van der Waals surface area contributed by atoms with Gasteiger partial charge in [0.25, 0.3) is 0 Å². The zero-order valence-electron chi connectivity index (χ0n) is 12.3. The summed E-state index contributed by atoms with van der Waals surface area (Å²) in [5.41, 5.74) is -1.20. The molecule has 1 aromatic carbocycles. The predicted molar refractivity (Wildman–Crippen MR) is 80.3 cm³/mol. The molecule has 0 bridgehead atoms. The van der Waals surface area contributed by atoms with Crippen LogP contribution >= 0.6 is 11.6 Å². The predicted octanol–water partition coefficient (Wildman–Crippen LogP) is 2.03. The van der Waals surface area contributed by atoms with Crippen molar-refractivity contribution in [3.63, 3.8) is 0 Å². The first-order valence-corrected chi connectivity index (χ1v) is 7.02. The average molecular weight is 314 g/mol. The fraction of sp³-hybridized carbons (Fsp3) is 0.467. The Kier molecular flexibility index (Phi) is 5.75. The van der Waals surface area contributed by atoms with Crippen molar-refractivity contribution >= 4 is 23.5 Å². The molecular formula is C15H20ClNO4. The van der Waals surface area contributed by atoms with Gasteiger partial charge in [-0.15, -0.1) is 0 Å². The molecule has 0 aromatic heterocycles. The number of hydrogen-bond donors (Lipinski definition) is 3. The van der Waals surface area contributed by atoms with Crippen LogP contribution < -0.4 is 5.32 Å². The number of benzene rings is 1. The molecule has 1 amide bonds. The van der Waals surface area contributed by atoms with Crippen molar-refractivity contribution < 1.29 is 19.8 Å². The minimum atomic E-state index is -1.99. The number of aliphatic hydroxyl groups is 1. The molecule has 6 heteroatoms. The number of hydrogen-bond acceptors (Lipinski definition) is 3. The van der Waals surface area contributed by atoms with Crippen LogP contribution in [0.1, 0.15) is 32.3 Å². The van der Waals surface area contributed by atoms with E-state index >= 15 is 0 Å². The summed E-state index contributed by atoms with van der Waals surface area (Å²) < 4.78 is 0. The van der Waals surface area contributed by atoms with Gasteiger partial charge in [0.2, 0.25) is 5.91 Å². The average Bonchev–Trinajstić information content (AvgIpc) is 2.38. The van der Waals surface area contributed by atoms with Gasteiger partial charge in [0, 0.05) is 5.02 Å². The zero-order valence-corrected chi connectivity index (χ0v) is 13.0. The van der Waals surface area contributed by atoms with E-state index < -0.39 is 17.5 Å². The number of carbonyl (C=O) groups is 2. The van der Waals surface area contributed by atoms with Crippen molar-refractivity contribution in [2.45, 2.75) is 32.3 Å². The first-order chi connectivity index (χ1) is 9.65. The molecule has 0 radical (unpaired) electrons. The number of nitrogens with one attached hydrogen (secondary N) is 1. The molecule has 0 heterocycles. The van der Waals surface area contributed by atoms with Crippen LogP contribution in [-0.2, 0) is 9.59 Å². The highest BCUT2D eigenvalue weighted by Crippen LogP contribution is 2.26. The van der Waals surface area contributed by atoms with Crippen LogP contribution in [0.5, 0.6) is 0 Å². The maximum Gasteiger partial charge on any atom is 0.337 e. The normalized spacial score (nSPS) is 15.3. The molecule has 0 saturated heterocycles. The van der Waals surface area contributed by atoms with Gasteiger partial charge in [-0.25, -0.2) is 4.79 Å². The summed E-state index contributed by atoms with van der Waals surface area (Å²) in [6, 6.07) is 6.93. The van der Waals surface area contributed by atoms with Crippen molar-refractivity contribution in [1.82, 2.24) is 5.32 Å². The van der Waals surface area contributed by atoms with E-state index in [2.05, 4.69) is 5.32 Å². The van der Waals surface area contributed by atoms with Gasteiger partial charge in [-0.1, -0.05) is 37.6 Å². The van der Waals surface area contributed by atoms with E-state index in [9.17, 15) is 14.7 Å². The second-order valence-corrected chi connectivity index (χ2v) is 6.01. The largest absolute Gasteiger partial charge is 0.479 e. The highest BCUT2D eigenvalue weighted by atomic mass is 35.5. The van der Waals surface area contributed by atoms with Crippen LogP contribution in [0.15, 0.2) is 24.3 Å². The zero-order chi connectivity index (χ0) is 16.2. The van der Waals surface area contributed by atoms with E-state index in [-0.39, 0.29) is 18.4 Å². The van der Waals surface area contributed by atoms with Crippen LogP contribution in [0.3, 0.4) is 0 Å². The highest BCUT2D eigenvalue weighted by molar-refractivity contribution is 6.30. The maximum absolute atomic E-state index is 12.3. The first-order valence-electron chi connectivity index (χ1n) is 6.64. The molecule has 0 fully saturated rings. The van der Waals surface area contributed by atoms with Crippen molar-refractivity contribution in [2.24, 2.45) is 5.92 Å². The van der Waals surface area contributed by atoms with Gasteiger partial charge in [0.15, 0.2) is 5.60 Å². The fourth-order valence-electron chi connectivity index (χ4n) is 1.95. The molecule has 0 spiro atoms. The van der Waals surface area contributed by atoms with Crippen molar-refractivity contribution in [1.29, 1.82) is 0 Å². The number of carbonyl (C=O) groups excluding carboxylic acids is 1. The Hall–Kier alpha value is -1.59. The third kappa shape index (κ3) is 4.72. The summed E-state index contributed by atoms with van der Waals surface area (Å²) in [6.45, 7) is 4.59. The molecule has 116 valence electrons. The van der Waals surface area contributed by atoms with Crippen molar-refractivity contribution in [2.75, 3.05) is 6.54 Å². The number of carboxylic acid groups (broad SMARTS) is 1. The van der Waals surface area contributed by atoms with Gasteiger partial charge in [-0.3, -0.25) is 4.79 Å². The Bertz CT molecular complexity index is 511. The maximum atomic E-state index is 12.3. The summed E-state index contributed by atoms with van der Waals surface area (Å²) in [4.78, 5) is 23.1. The second-order valence-electron chi connectivity index (χ2n) is 5.57. The van der Waals surface area contributed by atoms with E-state index in [0.29, 0.717) is 5.02 Å². The molecule has 0 aliphatic rings. The molecule has 0 aliphatic carbocycles. The number of rotatable bonds is 6. The minimum Gasteiger partial charge on any atom is -0.479 e. The Morgan fingerprint density at radius 2 is 1.81 bits per heavy atom. The molecular weight excluding hydrogens is 294 g/mol. The van der Waals surface area contributed by atoms with E-state index in [1.54, 1.807) is 24.3 Å². The molecule has 2 unspecified atom stereocenters. The smallest absolute Gasteiger partial charge is 0.337 e. The van der Waals surface area contributed by atoms with Gasteiger partial charge >= 0.3 is 5.97 Å². The van der Waals surface area contributed by atoms with Gasteiger partial charge in [-0.05, 0) is 30.5 Å². The van der Waals surface area contributed by atoms with Crippen LogP contribution in [0.4, 0.5) is 0 Å². The third-order valence-electron chi connectivity index (χ3n) is 3.25. The molecule has 0 saturated carbocycles. The van der Waals surface area contributed by atoms with Crippen molar-refractivity contribution in [3.05, 3.63) is 34.9 Å². The van der Waals surface area contributed by atoms with E-state index in [4.69, 9.17) is 16.7 Å². The topological polar surface area (TPSA) is 86.6 Å². The Morgan fingerprint density at radius 1 is 1.29 bits per heavy atom. The summed E-state index contributed by atoms with van der Waals surface area (Å²) in [6.07, 6.45) is 0. The SMILES string of the molecule is CC(C)C(C(=O)NCC(C)(O)C(=O)O)c1ccc(Cl)cc1. The van der Waals surface area contributed by atoms with E-state index in [1.165, 1.54) is 0 Å². The Balaban J connectivity index is 2.84. The molecule has 1 rings (SSSR count). The standard InChI is InChI=1S/C15H20ClNO4/c1-9(2)12(10-4-6-11(16)7-5-10)13(18)17-8-15(3,21)14(19)20/h4-7,9,12,21H,8H2,1-3H3,(H,17,18)(H,19,20). The van der Waals surface area contributed by atoms with Crippen molar-refractivity contribution in [3.8, 4) is 0 Å². The van der Waals surface area contributed by atoms with E-state index in [0.717, 1.165) is 12.5 Å². The van der Waals surface area contributed by atoms with Gasteiger partial charge in [-0.2, -0.15) is 0 Å². The lowest BCUT2D eigenvalue weighted by molar-refractivity contribution is -0.156. The molecule has 1 aromatic rings. The first kappa shape index (κ1) is 17.5. The van der Waals surface area contributed by atoms with Gasteiger partial charge in [0.1, 0.15) is 0 Å². The Morgan fingerprint density at radius 3 is 2.24 bits per heavy atom. The van der Waals surface area contributed by atoms with Crippen LogP contribution in [0.25, 0.3) is 0 Å². The minimum absolute atomic E-state index is 0.0148. The fourth-order valence-corrected chi connectivity index (χ4v) is 2.08. The summed E-state index contributed by atoms with van der Waals surface area (Å²) >= 11 is 5.83. The highest BCUT2D eigenvalue weighted by Gasteiger charge is 2.32. The number of halogens is 1. The van der Waals surface area contributed by atoms with Crippen LogP contribution in [-0.4, -0.2) is 34.2 Å². The van der Waals surface area contributed by atoms with E-state index in [1.807, 2.05) is 13.8 Å². The monoisotopic (exact) mass is 313 g/mol. The summed E-state index contributed by atoms with van der Waals surface area (Å²) in [5, 5.41) is 21.5. The van der Waals surface area contributed by atoms with Crippen LogP contribution in [0.2, 0.25) is 5.02 Å². The molecule has 0 aliphatic heterocycles.